The number of carbonyl (C=O) groups is 1. The van der Waals surface area contributed by atoms with Gasteiger partial charge in [0.25, 0.3) is 0 Å². The highest BCUT2D eigenvalue weighted by molar-refractivity contribution is 5.70. The molecule has 3 aromatic heterocycles. The topological polar surface area (TPSA) is 119 Å². The fraction of sp³-hybridized carbons (Fsp3) is 0.344. The maximum Gasteiger partial charge on any atom is 0.416 e. The van der Waals surface area contributed by atoms with E-state index in [1.807, 2.05) is 43.3 Å². The van der Waals surface area contributed by atoms with Gasteiger partial charge in [-0.2, -0.15) is 0 Å². The molecular weight excluding hydrogens is 536 g/mol. The Kier molecular flexibility index (Phi) is 7.85. The molecule has 10 nitrogen and oxygen atoms in total. The van der Waals surface area contributed by atoms with Crippen molar-refractivity contribution in [2.24, 2.45) is 5.92 Å². The van der Waals surface area contributed by atoms with E-state index < -0.39 is 6.09 Å². The Morgan fingerprint density at radius 3 is 2.12 bits per heavy atom. The van der Waals surface area contributed by atoms with Crippen molar-refractivity contribution in [1.29, 1.82) is 0 Å². The van der Waals surface area contributed by atoms with Crippen molar-refractivity contribution in [1.82, 2.24) is 19.4 Å². The molecule has 218 valence electrons. The number of aryl methyl sites for hydroxylation is 1. The second kappa shape index (κ2) is 12.0. The number of benzene rings is 1. The quantitative estimate of drug-likeness (QED) is 0.280. The Labute approximate surface area is 244 Å². The number of piperidine rings is 1. The zero-order chi connectivity index (χ0) is 29.1. The monoisotopic (exact) mass is 570 g/mol. The second-order valence-corrected chi connectivity index (χ2v) is 10.9. The average molecular weight is 571 g/mol. The summed E-state index contributed by atoms with van der Waals surface area (Å²) in [7, 11) is 0. The molecular formula is C32H34N4O6. The highest BCUT2D eigenvalue weighted by atomic mass is 16.6. The van der Waals surface area contributed by atoms with Crippen molar-refractivity contribution in [3.63, 3.8) is 0 Å². The van der Waals surface area contributed by atoms with Crippen LogP contribution in [-0.2, 0) is 12.8 Å². The lowest BCUT2D eigenvalue weighted by atomic mass is 9.95. The van der Waals surface area contributed by atoms with Crippen LogP contribution < -0.4 is 14.2 Å². The Morgan fingerprint density at radius 1 is 0.857 bits per heavy atom. The first-order valence-electron chi connectivity index (χ1n) is 14.4. The zero-order valence-corrected chi connectivity index (χ0v) is 23.5. The summed E-state index contributed by atoms with van der Waals surface area (Å²) in [4.78, 5) is 22.9. The van der Waals surface area contributed by atoms with E-state index in [0.717, 1.165) is 61.0 Å². The molecule has 1 aliphatic carbocycles. The molecule has 1 aromatic carbocycles. The number of fused-ring (bicyclic) bond motifs is 1. The van der Waals surface area contributed by atoms with Crippen LogP contribution in [0.3, 0.4) is 0 Å². The normalized spacial score (nSPS) is 15.2. The summed E-state index contributed by atoms with van der Waals surface area (Å²) in [6, 6.07) is 14.5. The van der Waals surface area contributed by atoms with E-state index in [4.69, 9.17) is 14.2 Å². The van der Waals surface area contributed by atoms with Gasteiger partial charge in [0.1, 0.15) is 11.5 Å². The summed E-state index contributed by atoms with van der Waals surface area (Å²) in [5.74, 6) is 2.57. The minimum Gasteiger partial charge on any atom is -0.494 e. The van der Waals surface area contributed by atoms with Crippen molar-refractivity contribution in [3.05, 3.63) is 77.6 Å². The van der Waals surface area contributed by atoms with Crippen LogP contribution in [0.25, 0.3) is 5.69 Å². The van der Waals surface area contributed by atoms with Crippen molar-refractivity contribution in [2.45, 2.75) is 45.4 Å². The van der Waals surface area contributed by atoms with Crippen molar-refractivity contribution >= 4 is 6.09 Å². The van der Waals surface area contributed by atoms with Gasteiger partial charge in [-0.3, -0.25) is 0 Å². The lowest BCUT2D eigenvalue weighted by molar-refractivity contribution is 0.115. The molecule has 1 fully saturated rings. The molecule has 0 atom stereocenters. The first kappa shape index (κ1) is 27.4. The molecule has 1 aliphatic heterocycles. The van der Waals surface area contributed by atoms with Crippen LogP contribution in [0, 0.1) is 12.8 Å². The summed E-state index contributed by atoms with van der Waals surface area (Å²) in [5.41, 5.74) is 3.17. The first-order valence-corrected chi connectivity index (χ1v) is 14.4. The molecule has 1 amide bonds. The third kappa shape index (κ3) is 5.97. The zero-order valence-electron chi connectivity index (χ0n) is 23.5. The smallest absolute Gasteiger partial charge is 0.416 e. The van der Waals surface area contributed by atoms with Gasteiger partial charge in [0.2, 0.25) is 23.5 Å². The Balaban J connectivity index is 0.961. The van der Waals surface area contributed by atoms with Crippen molar-refractivity contribution < 1.29 is 29.2 Å². The van der Waals surface area contributed by atoms with Crippen molar-refractivity contribution in [3.8, 4) is 40.7 Å². The van der Waals surface area contributed by atoms with E-state index in [0.29, 0.717) is 42.9 Å². The summed E-state index contributed by atoms with van der Waals surface area (Å²) < 4.78 is 18.7. The standard InChI is InChI=1S/C32H34N4O6/c1-21-6-12-28(33-18-21)41-25-10-8-24(9-11-25)40-20-22-14-16-35(17-15-22)32(39)42-29-13-7-23(19-34-29)36-30(37)26-4-2-3-5-27(26)31(36)38/h6-13,18-19,22,37-38H,2-5,14-17,20H2,1H3. The summed E-state index contributed by atoms with van der Waals surface area (Å²) in [6.45, 7) is 3.68. The SMILES string of the molecule is Cc1ccc(Oc2ccc(OCC3CCN(C(=O)Oc4ccc(-n5c(O)c6c(c5O)CCCC6)cn4)CC3)cc2)nc1. The largest absolute Gasteiger partial charge is 0.494 e. The third-order valence-corrected chi connectivity index (χ3v) is 7.89. The molecule has 0 unspecified atom stereocenters. The molecule has 0 spiro atoms. The molecule has 0 bridgehead atoms. The maximum atomic E-state index is 12.8. The highest BCUT2D eigenvalue weighted by Crippen LogP contribution is 2.40. The predicted octanol–water partition coefficient (Wildman–Crippen LogP) is 5.95. The number of pyridine rings is 2. The van der Waals surface area contributed by atoms with E-state index in [-0.39, 0.29) is 17.6 Å². The van der Waals surface area contributed by atoms with Gasteiger partial charge in [0.15, 0.2) is 0 Å². The molecule has 2 N–H and O–H groups in total. The van der Waals surface area contributed by atoms with E-state index in [1.165, 1.54) is 10.8 Å². The van der Waals surface area contributed by atoms with Gasteiger partial charge < -0.3 is 29.3 Å². The van der Waals surface area contributed by atoms with Crippen molar-refractivity contribution in [2.75, 3.05) is 19.7 Å². The Morgan fingerprint density at radius 2 is 1.50 bits per heavy atom. The van der Waals surface area contributed by atoms with E-state index in [1.54, 1.807) is 23.2 Å². The van der Waals surface area contributed by atoms with Gasteiger partial charge in [-0.15, -0.1) is 0 Å². The number of ether oxygens (including phenoxy) is 3. The molecule has 4 aromatic rings. The van der Waals surface area contributed by atoms with Gasteiger partial charge in [0, 0.05) is 42.5 Å². The highest BCUT2D eigenvalue weighted by Gasteiger charge is 2.27. The Bertz CT molecular complexity index is 1500. The molecule has 10 heteroatoms. The van der Waals surface area contributed by atoms with Crippen LogP contribution in [0.5, 0.6) is 35.0 Å². The number of amides is 1. The van der Waals surface area contributed by atoms with E-state index in [9.17, 15) is 15.0 Å². The van der Waals surface area contributed by atoms with Gasteiger partial charge in [-0.1, -0.05) is 6.07 Å². The number of nitrogens with zero attached hydrogens (tertiary/aromatic N) is 4. The number of aromatic hydroxyl groups is 2. The third-order valence-electron chi connectivity index (χ3n) is 7.89. The van der Waals surface area contributed by atoms with Gasteiger partial charge in [-0.25, -0.2) is 19.3 Å². The Hall–Kier alpha value is -4.73. The summed E-state index contributed by atoms with van der Waals surface area (Å²) in [6.07, 6.45) is 7.86. The van der Waals surface area contributed by atoms with Crippen LogP contribution in [0.1, 0.15) is 42.4 Å². The van der Waals surface area contributed by atoms with Crippen LogP contribution in [0.2, 0.25) is 0 Å². The number of aromatic nitrogens is 3. The second-order valence-electron chi connectivity index (χ2n) is 10.9. The maximum absolute atomic E-state index is 12.8. The molecule has 42 heavy (non-hydrogen) atoms. The molecule has 2 aliphatic rings. The number of likely N-dealkylation sites (tertiary alicyclic amines) is 1. The van der Waals surface area contributed by atoms with E-state index >= 15 is 0 Å². The van der Waals surface area contributed by atoms with Gasteiger partial charge in [0.05, 0.1) is 18.5 Å². The summed E-state index contributed by atoms with van der Waals surface area (Å²) in [5, 5.41) is 21.3. The molecule has 4 heterocycles. The van der Waals surface area contributed by atoms with Crippen LogP contribution in [0.15, 0.2) is 60.9 Å². The predicted molar refractivity (Wildman–Crippen MR) is 155 cm³/mol. The van der Waals surface area contributed by atoms with Crippen LogP contribution >= 0.6 is 0 Å². The molecule has 1 saturated heterocycles. The van der Waals surface area contributed by atoms with Gasteiger partial charge in [-0.05, 0) is 87.3 Å². The number of rotatable bonds is 7. The number of carbonyl (C=O) groups excluding carboxylic acids is 1. The van der Waals surface area contributed by atoms with E-state index in [2.05, 4.69) is 9.97 Å². The average Bonchev–Trinajstić information content (AvgIpc) is 3.28. The molecule has 6 rings (SSSR count). The fourth-order valence-corrected chi connectivity index (χ4v) is 5.47. The minimum absolute atomic E-state index is 0.0438. The number of hydrogen-bond acceptors (Lipinski definition) is 8. The minimum atomic E-state index is -0.449. The lowest BCUT2D eigenvalue weighted by Gasteiger charge is -2.31. The lowest BCUT2D eigenvalue weighted by Crippen LogP contribution is -2.41. The fourth-order valence-electron chi connectivity index (χ4n) is 5.47. The van der Waals surface area contributed by atoms with Crippen LogP contribution in [-0.4, -0.2) is 55.4 Å². The van der Waals surface area contributed by atoms with Crippen LogP contribution in [0.4, 0.5) is 4.79 Å². The molecule has 0 radical (unpaired) electrons. The summed E-state index contributed by atoms with van der Waals surface area (Å²) >= 11 is 0. The van der Waals surface area contributed by atoms with Gasteiger partial charge >= 0.3 is 6.09 Å². The molecule has 0 saturated carbocycles. The number of hydrogen-bond donors (Lipinski definition) is 2. The first-order chi connectivity index (χ1) is 20.4.